The molecule has 0 aliphatic carbocycles. The van der Waals surface area contributed by atoms with Crippen LogP contribution in [0, 0.1) is 5.21 Å². The zero-order valence-electron chi connectivity index (χ0n) is 19.9. The molecular formula is C25H50N2O2. The van der Waals surface area contributed by atoms with E-state index in [0.29, 0.717) is 32.6 Å². The Bertz CT molecular complexity index is 392. The number of allylic oxidation sites excluding steroid dienone is 2. The summed E-state index contributed by atoms with van der Waals surface area (Å²) in [4.78, 5) is 11.8. The lowest BCUT2D eigenvalue weighted by Gasteiger charge is -2.41. The maximum absolute atomic E-state index is 12.1. The first-order valence-electron chi connectivity index (χ1n) is 12.6. The molecule has 0 aliphatic heterocycles. The van der Waals surface area contributed by atoms with Gasteiger partial charge in [-0.1, -0.05) is 70.4 Å². The molecule has 172 valence electrons. The quantitative estimate of drug-likeness (QED) is 0.0969. The van der Waals surface area contributed by atoms with Crippen LogP contribution in [0.1, 0.15) is 117 Å². The van der Waals surface area contributed by atoms with Gasteiger partial charge in [0, 0.05) is 19.4 Å². The average molecular weight is 411 g/mol. The van der Waals surface area contributed by atoms with Crippen molar-refractivity contribution in [2.24, 2.45) is 0 Å². The molecule has 0 fully saturated rings. The molecular weight excluding hydrogens is 360 g/mol. The molecule has 0 atom stereocenters. The predicted octanol–water partition coefficient (Wildman–Crippen LogP) is 6.88. The minimum Gasteiger partial charge on any atom is -0.633 e. The van der Waals surface area contributed by atoms with Crippen molar-refractivity contribution in [2.75, 3.05) is 26.2 Å². The number of hydrogen-bond donors (Lipinski definition) is 1. The second-order valence-corrected chi connectivity index (χ2v) is 8.45. The van der Waals surface area contributed by atoms with E-state index < -0.39 is 0 Å². The van der Waals surface area contributed by atoms with Gasteiger partial charge in [-0.2, -0.15) is 0 Å². The normalized spacial score (nSPS) is 12.0. The van der Waals surface area contributed by atoms with Crippen LogP contribution < -0.4 is 5.32 Å². The predicted molar refractivity (Wildman–Crippen MR) is 127 cm³/mol. The molecule has 0 aromatic carbocycles. The number of amides is 1. The lowest BCUT2D eigenvalue weighted by molar-refractivity contribution is -0.877. The van der Waals surface area contributed by atoms with Crippen LogP contribution in [0.3, 0.4) is 0 Å². The Morgan fingerprint density at radius 1 is 0.759 bits per heavy atom. The SMILES string of the molecule is CCCCCCCC/C=C\CCCCCCCC(=O)NCCC[N+]([O-])(CC)CC. The summed E-state index contributed by atoms with van der Waals surface area (Å²) in [6, 6.07) is 0. The van der Waals surface area contributed by atoms with Gasteiger partial charge >= 0.3 is 0 Å². The highest BCUT2D eigenvalue weighted by Gasteiger charge is 2.10. The van der Waals surface area contributed by atoms with Gasteiger partial charge in [-0.3, -0.25) is 4.79 Å². The molecule has 0 saturated heterocycles. The van der Waals surface area contributed by atoms with Crippen molar-refractivity contribution in [3.05, 3.63) is 17.4 Å². The molecule has 4 heteroatoms. The maximum Gasteiger partial charge on any atom is 0.219 e. The largest absolute Gasteiger partial charge is 0.633 e. The van der Waals surface area contributed by atoms with Crippen LogP contribution >= 0.6 is 0 Å². The Morgan fingerprint density at radius 2 is 1.28 bits per heavy atom. The fraction of sp³-hybridized carbons (Fsp3) is 0.880. The van der Waals surface area contributed by atoms with Gasteiger partial charge in [-0.05, 0) is 46.0 Å². The second-order valence-electron chi connectivity index (χ2n) is 8.45. The van der Waals surface area contributed by atoms with Crippen LogP contribution in [0.2, 0.25) is 0 Å². The average Bonchev–Trinajstić information content (AvgIpc) is 2.73. The number of nitrogens with one attached hydrogen (secondary N) is 1. The number of hydroxylamine groups is 3. The number of carbonyl (C=O) groups excluding carboxylic acids is 1. The Hall–Kier alpha value is -0.870. The van der Waals surface area contributed by atoms with E-state index in [1.165, 1.54) is 70.6 Å². The molecule has 0 aromatic rings. The summed E-state index contributed by atoms with van der Waals surface area (Å²) in [5.74, 6) is 0.139. The molecule has 0 spiro atoms. The molecule has 4 nitrogen and oxygen atoms in total. The number of rotatable bonds is 21. The Morgan fingerprint density at radius 3 is 1.83 bits per heavy atom. The van der Waals surface area contributed by atoms with Gasteiger partial charge in [0.2, 0.25) is 5.91 Å². The summed E-state index contributed by atoms with van der Waals surface area (Å²) in [7, 11) is 0. The van der Waals surface area contributed by atoms with Crippen LogP contribution in [0.4, 0.5) is 0 Å². The van der Waals surface area contributed by atoms with Gasteiger partial charge in [0.1, 0.15) is 0 Å². The third-order valence-electron chi connectivity index (χ3n) is 5.88. The number of hydrogen-bond acceptors (Lipinski definition) is 2. The molecule has 1 amide bonds. The minimum absolute atomic E-state index is 0.139. The fourth-order valence-corrected chi connectivity index (χ4v) is 3.58. The zero-order chi connectivity index (χ0) is 21.6. The molecule has 29 heavy (non-hydrogen) atoms. The highest BCUT2D eigenvalue weighted by molar-refractivity contribution is 5.75. The first-order valence-corrected chi connectivity index (χ1v) is 12.6. The number of quaternary nitrogens is 1. The lowest BCUT2D eigenvalue weighted by Crippen LogP contribution is -2.43. The van der Waals surface area contributed by atoms with Crippen LogP contribution in [-0.4, -0.2) is 36.7 Å². The van der Waals surface area contributed by atoms with E-state index >= 15 is 0 Å². The smallest absolute Gasteiger partial charge is 0.219 e. The van der Waals surface area contributed by atoms with Gasteiger partial charge in [0.15, 0.2) is 0 Å². The van der Waals surface area contributed by atoms with E-state index in [1.54, 1.807) is 0 Å². The monoisotopic (exact) mass is 410 g/mol. The van der Waals surface area contributed by atoms with Gasteiger partial charge < -0.3 is 15.2 Å². The molecule has 0 unspecified atom stereocenters. The Labute approximate surface area is 181 Å². The third kappa shape index (κ3) is 18.9. The molecule has 1 N–H and O–H groups in total. The summed E-state index contributed by atoms with van der Waals surface area (Å²) in [6.45, 7) is 8.58. The van der Waals surface area contributed by atoms with Crippen LogP contribution in [-0.2, 0) is 4.79 Å². The number of nitrogens with zero attached hydrogens (tertiary/aromatic N) is 1. The van der Waals surface area contributed by atoms with E-state index in [9.17, 15) is 10.0 Å². The summed E-state index contributed by atoms with van der Waals surface area (Å²) in [6.07, 6.45) is 22.7. The van der Waals surface area contributed by atoms with Crippen LogP contribution in [0.15, 0.2) is 12.2 Å². The van der Waals surface area contributed by atoms with Gasteiger partial charge in [0.05, 0.1) is 19.6 Å². The minimum atomic E-state index is -0.149. The van der Waals surface area contributed by atoms with Crippen molar-refractivity contribution in [1.29, 1.82) is 0 Å². The Kier molecular flexibility index (Phi) is 19.8. The van der Waals surface area contributed by atoms with E-state index in [2.05, 4.69) is 24.4 Å². The van der Waals surface area contributed by atoms with Gasteiger partial charge in [-0.25, -0.2) is 0 Å². The number of carbonyl (C=O) groups is 1. The summed E-state index contributed by atoms with van der Waals surface area (Å²) in [5.41, 5.74) is 0. The van der Waals surface area contributed by atoms with E-state index in [1.807, 2.05) is 13.8 Å². The molecule has 0 aromatic heterocycles. The van der Waals surface area contributed by atoms with Crippen molar-refractivity contribution in [2.45, 2.75) is 117 Å². The van der Waals surface area contributed by atoms with Crippen LogP contribution in [0.5, 0.6) is 0 Å². The summed E-state index contributed by atoms with van der Waals surface area (Å²) >= 11 is 0. The van der Waals surface area contributed by atoms with Crippen molar-refractivity contribution >= 4 is 5.91 Å². The van der Waals surface area contributed by atoms with Crippen LogP contribution in [0.25, 0.3) is 0 Å². The molecule has 0 aliphatic rings. The molecule has 0 heterocycles. The van der Waals surface area contributed by atoms with E-state index in [4.69, 9.17) is 0 Å². The van der Waals surface area contributed by atoms with Gasteiger partial charge in [0.25, 0.3) is 0 Å². The molecule has 0 rings (SSSR count). The summed E-state index contributed by atoms with van der Waals surface area (Å²) in [5, 5.41) is 15.1. The topological polar surface area (TPSA) is 52.2 Å². The molecule has 0 saturated carbocycles. The van der Waals surface area contributed by atoms with Crippen molar-refractivity contribution < 1.29 is 9.44 Å². The fourth-order valence-electron chi connectivity index (χ4n) is 3.58. The Balaban J connectivity index is 3.35. The lowest BCUT2D eigenvalue weighted by atomic mass is 10.1. The third-order valence-corrected chi connectivity index (χ3v) is 5.88. The second kappa shape index (κ2) is 20.4. The van der Waals surface area contributed by atoms with Crippen molar-refractivity contribution in [1.82, 2.24) is 5.32 Å². The van der Waals surface area contributed by atoms with Crippen molar-refractivity contribution in [3.8, 4) is 0 Å². The zero-order valence-corrected chi connectivity index (χ0v) is 19.9. The highest BCUT2D eigenvalue weighted by atomic mass is 16.5. The van der Waals surface area contributed by atoms with Crippen molar-refractivity contribution in [3.63, 3.8) is 0 Å². The molecule has 0 radical (unpaired) electrons. The highest BCUT2D eigenvalue weighted by Crippen LogP contribution is 2.10. The van der Waals surface area contributed by atoms with E-state index in [-0.39, 0.29) is 10.6 Å². The standard InChI is InChI=1S/C25H50N2O2/c1-4-7-8-9-10-11-12-13-14-15-16-17-18-19-20-22-25(28)26-23-21-24-27(29,5-2)6-3/h13-14H,4-12,15-24H2,1-3H3,(H,26,28)/b14-13-. The first kappa shape index (κ1) is 28.1. The molecule has 0 bridgehead atoms. The van der Waals surface area contributed by atoms with Gasteiger partial charge in [-0.15, -0.1) is 0 Å². The van der Waals surface area contributed by atoms with E-state index in [0.717, 1.165) is 19.3 Å². The first-order chi connectivity index (χ1) is 14.1. The number of unbranched alkanes of at least 4 members (excludes halogenated alkanes) is 11. The maximum atomic E-state index is 12.1. The summed E-state index contributed by atoms with van der Waals surface area (Å²) < 4.78 is -0.149.